The number of pyridine rings is 1. The lowest BCUT2D eigenvalue weighted by Gasteiger charge is -2.27. The Hall–Kier alpha value is -3.38. The molecule has 1 aliphatic rings. The molecule has 4 rings (SSSR count). The van der Waals surface area contributed by atoms with Crippen LogP contribution < -0.4 is 20.1 Å². The van der Waals surface area contributed by atoms with Crippen molar-refractivity contribution in [2.24, 2.45) is 5.92 Å². The zero-order chi connectivity index (χ0) is 25.7. The number of esters is 1. The summed E-state index contributed by atoms with van der Waals surface area (Å²) in [5, 5.41) is 13.5. The number of carbonyl (C=O) groups excluding carboxylic acids is 2. The molecule has 0 bridgehead atoms. The molecule has 3 aromatic rings. The van der Waals surface area contributed by atoms with Crippen LogP contribution in [-0.4, -0.2) is 47.4 Å². The van der Waals surface area contributed by atoms with Crippen LogP contribution in [0.4, 0.5) is 17.4 Å². The van der Waals surface area contributed by atoms with E-state index in [4.69, 9.17) is 30.2 Å². The molecule has 0 unspecified atom stereocenters. The van der Waals surface area contributed by atoms with Crippen molar-refractivity contribution in [1.29, 1.82) is 0 Å². The second-order valence-electron chi connectivity index (χ2n) is 7.95. The maximum Gasteiger partial charge on any atom is 0.320 e. The van der Waals surface area contributed by atoms with Gasteiger partial charge >= 0.3 is 23.8 Å². The van der Waals surface area contributed by atoms with Gasteiger partial charge in [-0.05, 0) is 43.9 Å². The fraction of sp³-hybridized carbons (Fsp3) is 0.348. The first-order chi connectivity index (χ1) is 17.4. The maximum absolute atomic E-state index is 12.7. The van der Waals surface area contributed by atoms with Crippen LogP contribution in [-0.2, 0) is 9.53 Å². The van der Waals surface area contributed by atoms with Crippen molar-refractivity contribution in [3.05, 3.63) is 45.8 Å². The Morgan fingerprint density at radius 2 is 1.89 bits per heavy atom. The van der Waals surface area contributed by atoms with Crippen LogP contribution in [0.15, 0.2) is 39.4 Å². The molecule has 190 valence electrons. The molecule has 36 heavy (non-hydrogen) atoms. The van der Waals surface area contributed by atoms with E-state index >= 15 is 0 Å². The highest BCUT2D eigenvalue weighted by atomic mass is 79.9. The molecule has 0 radical (unpaired) electrons. The van der Waals surface area contributed by atoms with Crippen molar-refractivity contribution in [2.75, 3.05) is 24.9 Å². The van der Waals surface area contributed by atoms with Crippen LogP contribution >= 0.6 is 27.5 Å². The average Bonchev–Trinajstić information content (AvgIpc) is 3.35. The van der Waals surface area contributed by atoms with Crippen LogP contribution in [0.25, 0.3) is 0 Å². The van der Waals surface area contributed by atoms with Crippen LogP contribution in [0.3, 0.4) is 0 Å². The van der Waals surface area contributed by atoms with Gasteiger partial charge < -0.3 is 29.3 Å². The lowest BCUT2D eigenvalue weighted by atomic mass is 9.87. The number of hydrogen-bond donors (Lipinski definition) is 2. The quantitative estimate of drug-likeness (QED) is 0.350. The molecular weight excluding hydrogens is 558 g/mol. The molecule has 0 aliphatic heterocycles. The summed E-state index contributed by atoms with van der Waals surface area (Å²) in [4.78, 5) is 28.6. The molecule has 1 aliphatic carbocycles. The van der Waals surface area contributed by atoms with E-state index < -0.39 is 5.91 Å². The monoisotopic (exact) mass is 579 g/mol. The van der Waals surface area contributed by atoms with E-state index in [1.165, 1.54) is 20.4 Å². The van der Waals surface area contributed by atoms with Gasteiger partial charge in [0.05, 0.1) is 37.0 Å². The van der Waals surface area contributed by atoms with Crippen LogP contribution in [0.1, 0.15) is 36.4 Å². The van der Waals surface area contributed by atoms with Gasteiger partial charge in [-0.2, -0.15) is 0 Å². The highest BCUT2D eigenvalue weighted by molar-refractivity contribution is 9.10. The molecule has 0 saturated heterocycles. The van der Waals surface area contributed by atoms with E-state index in [-0.39, 0.29) is 29.9 Å². The third kappa shape index (κ3) is 6.24. The van der Waals surface area contributed by atoms with Crippen molar-refractivity contribution in [3.8, 4) is 11.6 Å². The number of aromatic nitrogens is 3. The fourth-order valence-electron chi connectivity index (χ4n) is 3.75. The van der Waals surface area contributed by atoms with Gasteiger partial charge in [0, 0.05) is 10.5 Å². The van der Waals surface area contributed by atoms with E-state index in [1.54, 1.807) is 24.3 Å². The summed E-state index contributed by atoms with van der Waals surface area (Å²) in [5.74, 6) is -0.502. The third-order valence-electron chi connectivity index (χ3n) is 5.60. The van der Waals surface area contributed by atoms with Gasteiger partial charge in [-0.25, -0.2) is 4.98 Å². The molecule has 1 fully saturated rings. The number of methoxy groups -OCH3 is 2. The predicted molar refractivity (Wildman–Crippen MR) is 134 cm³/mol. The van der Waals surface area contributed by atoms with Crippen LogP contribution in [0.2, 0.25) is 5.02 Å². The normalized spacial score (nSPS) is 17.2. The summed E-state index contributed by atoms with van der Waals surface area (Å²) in [6.45, 7) is 0. The first-order valence-electron chi connectivity index (χ1n) is 11.0. The summed E-state index contributed by atoms with van der Waals surface area (Å²) in [6.07, 6.45) is 4.15. The summed E-state index contributed by atoms with van der Waals surface area (Å²) >= 11 is 9.51. The fourth-order valence-corrected chi connectivity index (χ4v) is 4.47. The predicted octanol–water partition coefficient (Wildman–Crippen LogP) is 5.00. The van der Waals surface area contributed by atoms with Crippen molar-refractivity contribution < 1.29 is 28.2 Å². The molecule has 11 nitrogen and oxygen atoms in total. The maximum atomic E-state index is 12.7. The number of halogens is 2. The van der Waals surface area contributed by atoms with Crippen molar-refractivity contribution in [1.82, 2.24) is 15.2 Å². The third-order valence-corrected chi connectivity index (χ3v) is 6.40. The molecule has 2 heterocycles. The van der Waals surface area contributed by atoms with E-state index in [0.29, 0.717) is 53.7 Å². The Morgan fingerprint density at radius 1 is 1.11 bits per heavy atom. The minimum Gasteiger partial charge on any atom is -0.494 e. The Labute approximate surface area is 220 Å². The van der Waals surface area contributed by atoms with Crippen molar-refractivity contribution in [3.63, 3.8) is 0 Å². The van der Waals surface area contributed by atoms with Crippen molar-refractivity contribution >= 4 is 56.8 Å². The standard InChI is InChI=1S/C23H23BrClN5O6/c1-33-18-10-19(35-14-6-3-12(4-7-14)22(32)34-2)26-11-17(18)27-20(31)21-29-30-23(36-21)28-16-8-5-13(24)9-15(16)25/h5,8-12,14H,3-4,6-7H2,1-2H3,(H,27,31)(H,28,30). The Bertz CT molecular complexity index is 1250. The molecule has 0 spiro atoms. The SMILES string of the molecule is COC(=O)C1CCC(Oc2cc(OC)c(NC(=O)c3nnc(Nc4ccc(Br)cc4Cl)o3)cn2)CC1. The minimum absolute atomic E-state index is 0.000121. The topological polar surface area (TPSA) is 138 Å². The molecule has 13 heteroatoms. The number of rotatable bonds is 8. The molecule has 1 saturated carbocycles. The van der Waals surface area contributed by atoms with Crippen LogP contribution in [0.5, 0.6) is 11.6 Å². The summed E-state index contributed by atoms with van der Waals surface area (Å²) < 4.78 is 22.4. The summed E-state index contributed by atoms with van der Waals surface area (Å²) in [5.41, 5.74) is 0.837. The van der Waals surface area contributed by atoms with Crippen molar-refractivity contribution in [2.45, 2.75) is 31.8 Å². The summed E-state index contributed by atoms with van der Waals surface area (Å²) in [6, 6.07) is 6.80. The zero-order valence-electron chi connectivity index (χ0n) is 19.4. The number of nitrogens with one attached hydrogen (secondary N) is 2. The molecule has 2 N–H and O–H groups in total. The van der Waals surface area contributed by atoms with Crippen LogP contribution in [0, 0.1) is 5.92 Å². The molecule has 2 aromatic heterocycles. The highest BCUT2D eigenvalue weighted by Crippen LogP contribution is 2.32. The van der Waals surface area contributed by atoms with Gasteiger partial charge in [0.2, 0.25) is 5.88 Å². The van der Waals surface area contributed by atoms with Gasteiger partial charge in [-0.3, -0.25) is 9.59 Å². The van der Waals surface area contributed by atoms with Gasteiger partial charge in [-0.1, -0.05) is 32.6 Å². The van der Waals surface area contributed by atoms with E-state index in [9.17, 15) is 9.59 Å². The van der Waals surface area contributed by atoms with Gasteiger partial charge in [0.15, 0.2) is 0 Å². The highest BCUT2D eigenvalue weighted by Gasteiger charge is 2.28. The lowest BCUT2D eigenvalue weighted by Crippen LogP contribution is -2.28. The number of nitrogens with zero attached hydrogens (tertiary/aromatic N) is 3. The Morgan fingerprint density at radius 3 is 2.58 bits per heavy atom. The van der Waals surface area contributed by atoms with Gasteiger partial charge in [0.1, 0.15) is 17.5 Å². The smallest absolute Gasteiger partial charge is 0.320 e. The first kappa shape index (κ1) is 25.7. The molecule has 1 aromatic carbocycles. The second kappa shape index (κ2) is 11.6. The minimum atomic E-state index is -0.646. The van der Waals surface area contributed by atoms with Gasteiger partial charge in [0.25, 0.3) is 0 Å². The number of hydrogen-bond acceptors (Lipinski definition) is 10. The Balaban J connectivity index is 1.37. The number of ether oxygens (including phenoxy) is 3. The average molecular weight is 581 g/mol. The molecular formula is C23H23BrClN5O6. The number of amides is 1. The second-order valence-corrected chi connectivity index (χ2v) is 9.28. The Kier molecular flexibility index (Phi) is 8.26. The van der Waals surface area contributed by atoms with E-state index in [0.717, 1.165) is 4.47 Å². The number of benzene rings is 1. The number of carbonyl (C=O) groups is 2. The molecule has 0 atom stereocenters. The first-order valence-corrected chi connectivity index (χ1v) is 12.2. The zero-order valence-corrected chi connectivity index (χ0v) is 21.8. The largest absolute Gasteiger partial charge is 0.494 e. The van der Waals surface area contributed by atoms with E-state index in [2.05, 4.69) is 41.7 Å². The number of anilines is 3. The van der Waals surface area contributed by atoms with Gasteiger partial charge in [-0.15, -0.1) is 5.10 Å². The lowest BCUT2D eigenvalue weighted by molar-refractivity contribution is -0.147. The molecule has 1 amide bonds. The summed E-state index contributed by atoms with van der Waals surface area (Å²) in [7, 11) is 2.86. The van der Waals surface area contributed by atoms with E-state index in [1.807, 2.05) is 0 Å².